The Bertz CT molecular complexity index is 600. The highest BCUT2D eigenvalue weighted by Crippen LogP contribution is 2.26. The van der Waals surface area contributed by atoms with Crippen molar-refractivity contribution >= 4 is 11.5 Å². The van der Waals surface area contributed by atoms with E-state index in [9.17, 15) is 10.1 Å². The van der Waals surface area contributed by atoms with Crippen molar-refractivity contribution in [1.82, 2.24) is 19.6 Å². The standard InChI is InChI=1S/C11H16N6O2/c1-8-6-13-16(7-8)5-4-12-11-10(17(18)19)9(2)14-15(11)3/h6-7,12H,4-5H2,1-3H3. The molecule has 0 bridgehead atoms. The maximum atomic E-state index is 11.0. The Labute approximate surface area is 110 Å². The predicted molar refractivity (Wildman–Crippen MR) is 70.1 cm³/mol. The van der Waals surface area contributed by atoms with E-state index in [2.05, 4.69) is 15.5 Å². The lowest BCUT2D eigenvalue weighted by atomic mass is 10.4. The van der Waals surface area contributed by atoms with Crippen LogP contribution < -0.4 is 5.32 Å². The first-order valence-corrected chi connectivity index (χ1v) is 5.90. The molecule has 19 heavy (non-hydrogen) atoms. The van der Waals surface area contributed by atoms with Gasteiger partial charge in [-0.3, -0.25) is 14.8 Å². The lowest BCUT2D eigenvalue weighted by molar-refractivity contribution is -0.384. The monoisotopic (exact) mass is 264 g/mol. The Kier molecular flexibility index (Phi) is 3.50. The molecule has 2 rings (SSSR count). The highest BCUT2D eigenvalue weighted by Gasteiger charge is 2.23. The molecule has 0 fully saturated rings. The van der Waals surface area contributed by atoms with E-state index in [1.807, 2.05) is 13.1 Å². The van der Waals surface area contributed by atoms with E-state index in [1.165, 1.54) is 4.68 Å². The number of hydrogen-bond donors (Lipinski definition) is 1. The number of rotatable bonds is 5. The highest BCUT2D eigenvalue weighted by atomic mass is 16.6. The molecule has 0 atom stereocenters. The first-order valence-electron chi connectivity index (χ1n) is 5.90. The van der Waals surface area contributed by atoms with Gasteiger partial charge < -0.3 is 5.32 Å². The first kappa shape index (κ1) is 13.1. The first-order chi connectivity index (χ1) is 8.99. The lowest BCUT2D eigenvalue weighted by Gasteiger charge is -2.06. The van der Waals surface area contributed by atoms with E-state index in [1.54, 1.807) is 24.9 Å². The molecular weight excluding hydrogens is 248 g/mol. The summed E-state index contributed by atoms with van der Waals surface area (Å²) < 4.78 is 3.28. The summed E-state index contributed by atoms with van der Waals surface area (Å²) in [5, 5.41) is 22.2. The topological polar surface area (TPSA) is 90.8 Å². The molecule has 8 nitrogen and oxygen atoms in total. The van der Waals surface area contributed by atoms with Crippen LogP contribution in [0.25, 0.3) is 0 Å². The predicted octanol–water partition coefficient (Wildman–Crippen LogP) is 1.25. The van der Waals surface area contributed by atoms with Crippen LogP contribution in [0.15, 0.2) is 12.4 Å². The second-order valence-corrected chi connectivity index (χ2v) is 4.37. The molecule has 0 unspecified atom stereocenters. The molecule has 0 amide bonds. The minimum Gasteiger partial charge on any atom is -0.363 e. The quantitative estimate of drug-likeness (QED) is 0.648. The summed E-state index contributed by atoms with van der Waals surface area (Å²) in [5.41, 5.74) is 1.52. The van der Waals surface area contributed by atoms with E-state index < -0.39 is 4.92 Å². The van der Waals surface area contributed by atoms with Gasteiger partial charge in [0.05, 0.1) is 17.7 Å². The van der Waals surface area contributed by atoms with Gasteiger partial charge >= 0.3 is 5.69 Å². The summed E-state index contributed by atoms with van der Waals surface area (Å²) in [5.74, 6) is 0.423. The van der Waals surface area contributed by atoms with Gasteiger partial charge in [-0.05, 0) is 19.4 Å². The van der Waals surface area contributed by atoms with Gasteiger partial charge in [0.1, 0.15) is 5.69 Å². The fourth-order valence-electron chi connectivity index (χ4n) is 1.94. The number of aryl methyl sites for hydroxylation is 3. The van der Waals surface area contributed by atoms with Crippen molar-refractivity contribution in [3.63, 3.8) is 0 Å². The number of aromatic nitrogens is 4. The second-order valence-electron chi connectivity index (χ2n) is 4.37. The SMILES string of the molecule is Cc1cnn(CCNc2c([N+](=O)[O-])c(C)nn2C)c1. The van der Waals surface area contributed by atoms with Crippen molar-refractivity contribution in [3.8, 4) is 0 Å². The number of nitrogens with zero attached hydrogens (tertiary/aromatic N) is 5. The number of hydrogen-bond acceptors (Lipinski definition) is 5. The zero-order valence-electron chi connectivity index (χ0n) is 11.1. The minimum absolute atomic E-state index is 0.0270. The third kappa shape index (κ3) is 2.72. The summed E-state index contributed by atoms with van der Waals surface area (Å²) in [4.78, 5) is 10.6. The van der Waals surface area contributed by atoms with Gasteiger partial charge in [-0.1, -0.05) is 0 Å². The average Bonchev–Trinajstić information content (AvgIpc) is 2.84. The molecule has 0 radical (unpaired) electrons. The largest absolute Gasteiger partial charge is 0.363 e. The molecule has 0 aromatic carbocycles. The maximum Gasteiger partial charge on any atom is 0.333 e. The van der Waals surface area contributed by atoms with Crippen molar-refractivity contribution in [2.24, 2.45) is 7.05 Å². The Balaban J connectivity index is 2.05. The molecule has 0 saturated carbocycles. The van der Waals surface area contributed by atoms with Crippen molar-refractivity contribution in [3.05, 3.63) is 33.8 Å². The van der Waals surface area contributed by atoms with Crippen LogP contribution in [0.4, 0.5) is 11.5 Å². The average molecular weight is 264 g/mol. The second kappa shape index (κ2) is 5.09. The number of anilines is 1. The molecular formula is C11H16N6O2. The van der Waals surface area contributed by atoms with Gasteiger partial charge in [0.25, 0.3) is 0 Å². The van der Waals surface area contributed by atoms with Crippen molar-refractivity contribution in [1.29, 1.82) is 0 Å². The van der Waals surface area contributed by atoms with Crippen LogP contribution in [0.3, 0.4) is 0 Å². The smallest absolute Gasteiger partial charge is 0.333 e. The number of nitrogens with one attached hydrogen (secondary N) is 1. The van der Waals surface area contributed by atoms with Crippen molar-refractivity contribution < 1.29 is 4.92 Å². The summed E-state index contributed by atoms with van der Waals surface area (Å²) >= 11 is 0. The molecule has 0 aliphatic rings. The van der Waals surface area contributed by atoms with Crippen LogP contribution >= 0.6 is 0 Å². The Morgan fingerprint density at radius 3 is 2.79 bits per heavy atom. The number of nitro groups is 1. The van der Waals surface area contributed by atoms with E-state index in [-0.39, 0.29) is 5.69 Å². The van der Waals surface area contributed by atoms with Gasteiger partial charge in [-0.2, -0.15) is 10.2 Å². The zero-order chi connectivity index (χ0) is 14.0. The summed E-state index contributed by atoms with van der Waals surface area (Å²) in [6, 6.07) is 0. The Morgan fingerprint density at radius 1 is 1.47 bits per heavy atom. The Morgan fingerprint density at radius 2 is 2.21 bits per heavy atom. The zero-order valence-corrected chi connectivity index (χ0v) is 11.1. The maximum absolute atomic E-state index is 11.0. The summed E-state index contributed by atoms with van der Waals surface area (Å²) in [6.45, 7) is 4.77. The van der Waals surface area contributed by atoms with Crippen molar-refractivity contribution in [2.75, 3.05) is 11.9 Å². The molecule has 102 valence electrons. The highest BCUT2D eigenvalue weighted by molar-refractivity contribution is 5.59. The van der Waals surface area contributed by atoms with E-state index in [0.717, 1.165) is 5.56 Å². The lowest BCUT2D eigenvalue weighted by Crippen LogP contribution is -2.13. The molecule has 0 aliphatic carbocycles. The molecule has 0 aliphatic heterocycles. The summed E-state index contributed by atoms with van der Waals surface area (Å²) in [7, 11) is 1.68. The van der Waals surface area contributed by atoms with Gasteiger partial charge in [-0.25, -0.2) is 4.68 Å². The molecule has 0 spiro atoms. The van der Waals surface area contributed by atoms with Crippen LogP contribution in [-0.4, -0.2) is 31.0 Å². The fraction of sp³-hybridized carbons (Fsp3) is 0.455. The molecule has 2 aromatic heterocycles. The molecule has 2 aromatic rings. The van der Waals surface area contributed by atoms with Crippen LogP contribution in [0.5, 0.6) is 0 Å². The van der Waals surface area contributed by atoms with E-state index in [0.29, 0.717) is 24.6 Å². The van der Waals surface area contributed by atoms with Crippen LogP contribution in [0, 0.1) is 24.0 Å². The minimum atomic E-state index is -0.414. The van der Waals surface area contributed by atoms with E-state index in [4.69, 9.17) is 0 Å². The fourth-order valence-corrected chi connectivity index (χ4v) is 1.94. The third-order valence-electron chi connectivity index (χ3n) is 2.77. The van der Waals surface area contributed by atoms with Gasteiger partial charge in [-0.15, -0.1) is 0 Å². The van der Waals surface area contributed by atoms with Crippen LogP contribution in [0.1, 0.15) is 11.3 Å². The molecule has 2 heterocycles. The molecule has 8 heteroatoms. The van der Waals surface area contributed by atoms with Crippen molar-refractivity contribution in [2.45, 2.75) is 20.4 Å². The summed E-state index contributed by atoms with van der Waals surface area (Å²) in [6.07, 6.45) is 3.70. The van der Waals surface area contributed by atoms with Crippen LogP contribution in [-0.2, 0) is 13.6 Å². The van der Waals surface area contributed by atoms with E-state index >= 15 is 0 Å². The van der Waals surface area contributed by atoms with Gasteiger partial charge in [0, 0.05) is 19.8 Å². The molecule has 0 saturated heterocycles. The van der Waals surface area contributed by atoms with Crippen LogP contribution in [0.2, 0.25) is 0 Å². The van der Waals surface area contributed by atoms with Gasteiger partial charge in [0.15, 0.2) is 0 Å². The Hall–Kier alpha value is -2.38. The van der Waals surface area contributed by atoms with Gasteiger partial charge in [0.2, 0.25) is 5.82 Å². The molecule has 1 N–H and O–H groups in total. The normalized spacial score (nSPS) is 10.7. The third-order valence-corrected chi connectivity index (χ3v) is 2.77.